The van der Waals surface area contributed by atoms with Crippen LogP contribution in [-0.2, 0) is 16.0 Å². The molecule has 1 atom stereocenters. The number of benzene rings is 2. The van der Waals surface area contributed by atoms with E-state index in [-0.39, 0.29) is 12.0 Å². The van der Waals surface area contributed by atoms with E-state index >= 15 is 0 Å². The molecule has 2 aromatic carbocycles. The molecule has 20 heavy (non-hydrogen) atoms. The van der Waals surface area contributed by atoms with Crippen LogP contribution in [0.1, 0.15) is 29.2 Å². The maximum atomic E-state index is 11.2. The van der Waals surface area contributed by atoms with Gasteiger partial charge in [0.25, 0.3) is 0 Å². The quantitative estimate of drug-likeness (QED) is 0.849. The van der Waals surface area contributed by atoms with E-state index < -0.39 is 0 Å². The largest absolute Gasteiger partial charge is 0.469 e. The molecule has 0 saturated carbocycles. The highest BCUT2D eigenvalue weighted by Gasteiger charge is 2.09. The first-order valence-electron chi connectivity index (χ1n) is 6.67. The fourth-order valence-electron chi connectivity index (χ4n) is 2.14. The van der Waals surface area contributed by atoms with Crippen molar-refractivity contribution in [2.24, 2.45) is 5.73 Å². The van der Waals surface area contributed by atoms with Crippen LogP contribution < -0.4 is 5.73 Å². The Kier molecular flexibility index (Phi) is 4.91. The van der Waals surface area contributed by atoms with Crippen LogP contribution in [0.4, 0.5) is 0 Å². The van der Waals surface area contributed by atoms with Crippen LogP contribution in [0.15, 0.2) is 54.6 Å². The second-order valence-corrected chi connectivity index (χ2v) is 4.71. The van der Waals surface area contributed by atoms with E-state index in [0.717, 1.165) is 16.7 Å². The van der Waals surface area contributed by atoms with Gasteiger partial charge in [0.15, 0.2) is 0 Å². The van der Waals surface area contributed by atoms with E-state index in [4.69, 9.17) is 5.73 Å². The molecule has 0 amide bonds. The average molecular weight is 269 g/mol. The molecule has 0 spiro atoms. The van der Waals surface area contributed by atoms with Crippen molar-refractivity contribution in [3.05, 3.63) is 71.3 Å². The number of aryl methyl sites for hydroxylation is 1. The summed E-state index contributed by atoms with van der Waals surface area (Å²) in [4.78, 5) is 11.2. The average Bonchev–Trinajstić information content (AvgIpc) is 2.53. The topological polar surface area (TPSA) is 52.3 Å². The summed E-state index contributed by atoms with van der Waals surface area (Å²) in [5.74, 6) is -0.192. The Balaban J connectivity index is 2.11. The second kappa shape index (κ2) is 6.87. The van der Waals surface area contributed by atoms with Crippen LogP contribution in [0.5, 0.6) is 0 Å². The highest BCUT2D eigenvalue weighted by Crippen LogP contribution is 2.20. The smallest absolute Gasteiger partial charge is 0.305 e. The highest BCUT2D eigenvalue weighted by atomic mass is 16.5. The van der Waals surface area contributed by atoms with Gasteiger partial charge in [0.2, 0.25) is 0 Å². The van der Waals surface area contributed by atoms with Gasteiger partial charge in [-0.2, -0.15) is 0 Å². The predicted molar refractivity (Wildman–Crippen MR) is 79.3 cm³/mol. The summed E-state index contributed by atoms with van der Waals surface area (Å²) in [6.07, 6.45) is 1.06. The monoisotopic (exact) mass is 269 g/mol. The summed E-state index contributed by atoms with van der Waals surface area (Å²) >= 11 is 0. The third-order valence-corrected chi connectivity index (χ3v) is 3.31. The van der Waals surface area contributed by atoms with Gasteiger partial charge in [-0.05, 0) is 23.1 Å². The van der Waals surface area contributed by atoms with Crippen molar-refractivity contribution >= 4 is 5.97 Å². The number of ether oxygens (including phenoxy) is 1. The Bertz CT molecular complexity index is 566. The van der Waals surface area contributed by atoms with Gasteiger partial charge in [-0.15, -0.1) is 0 Å². The maximum absolute atomic E-state index is 11.2. The molecule has 0 aliphatic rings. The van der Waals surface area contributed by atoms with Gasteiger partial charge < -0.3 is 10.5 Å². The van der Waals surface area contributed by atoms with Gasteiger partial charge in [-0.25, -0.2) is 0 Å². The molecule has 2 N–H and O–H groups in total. The molecular formula is C17H19NO2. The summed E-state index contributed by atoms with van der Waals surface area (Å²) in [7, 11) is 1.41. The lowest BCUT2D eigenvalue weighted by molar-refractivity contribution is -0.140. The number of rotatable bonds is 5. The first kappa shape index (κ1) is 14.3. The zero-order chi connectivity index (χ0) is 14.4. The molecule has 0 saturated heterocycles. The molecule has 0 bridgehead atoms. The Labute approximate surface area is 119 Å². The summed E-state index contributed by atoms with van der Waals surface area (Å²) in [6, 6.07) is 17.9. The van der Waals surface area contributed by atoms with E-state index in [1.807, 2.05) is 48.5 Å². The standard InChI is InChI=1S/C17H19NO2/c1-20-16(19)11-10-13-6-5-9-15(12-13)17(18)14-7-3-2-4-8-14/h2-9,12,17H,10-11,18H2,1H3. The molecule has 2 aromatic rings. The third kappa shape index (κ3) is 3.68. The van der Waals surface area contributed by atoms with Crippen LogP contribution in [0.3, 0.4) is 0 Å². The van der Waals surface area contributed by atoms with Gasteiger partial charge in [-0.3, -0.25) is 4.79 Å². The molecule has 104 valence electrons. The Morgan fingerprint density at radius 2 is 1.80 bits per heavy atom. The lowest BCUT2D eigenvalue weighted by Crippen LogP contribution is -2.12. The van der Waals surface area contributed by atoms with Crippen LogP contribution in [-0.4, -0.2) is 13.1 Å². The fourth-order valence-corrected chi connectivity index (χ4v) is 2.14. The van der Waals surface area contributed by atoms with Gasteiger partial charge in [0.1, 0.15) is 0 Å². The summed E-state index contributed by atoms with van der Waals surface area (Å²) < 4.78 is 4.66. The molecular weight excluding hydrogens is 250 g/mol. The number of esters is 1. The van der Waals surface area contributed by atoms with Crippen LogP contribution >= 0.6 is 0 Å². The van der Waals surface area contributed by atoms with Crippen LogP contribution in [0.2, 0.25) is 0 Å². The van der Waals surface area contributed by atoms with Crippen LogP contribution in [0, 0.1) is 0 Å². The normalized spacial score (nSPS) is 11.9. The number of hydrogen-bond donors (Lipinski definition) is 1. The van der Waals surface area contributed by atoms with Crippen molar-refractivity contribution in [1.29, 1.82) is 0 Å². The van der Waals surface area contributed by atoms with E-state index in [0.29, 0.717) is 12.8 Å². The first-order chi connectivity index (χ1) is 9.70. The number of methoxy groups -OCH3 is 1. The molecule has 3 nitrogen and oxygen atoms in total. The molecule has 0 fully saturated rings. The van der Waals surface area contributed by atoms with Crippen molar-refractivity contribution in [2.75, 3.05) is 7.11 Å². The van der Waals surface area contributed by atoms with Gasteiger partial charge in [0, 0.05) is 6.42 Å². The summed E-state index contributed by atoms with van der Waals surface area (Å²) in [5, 5.41) is 0. The number of carbonyl (C=O) groups is 1. The summed E-state index contributed by atoms with van der Waals surface area (Å²) in [5.41, 5.74) is 9.51. The summed E-state index contributed by atoms with van der Waals surface area (Å²) in [6.45, 7) is 0. The Hall–Kier alpha value is -2.13. The molecule has 0 aliphatic carbocycles. The van der Waals surface area contributed by atoms with Gasteiger partial charge >= 0.3 is 5.97 Å². The molecule has 3 heteroatoms. The predicted octanol–water partition coefficient (Wildman–Crippen LogP) is 2.84. The molecule has 0 radical (unpaired) electrons. The third-order valence-electron chi connectivity index (χ3n) is 3.31. The van der Waals surface area contributed by atoms with Gasteiger partial charge in [0.05, 0.1) is 13.2 Å². The molecule has 1 unspecified atom stereocenters. The van der Waals surface area contributed by atoms with Gasteiger partial charge in [-0.1, -0.05) is 54.6 Å². The fraction of sp³-hybridized carbons (Fsp3) is 0.235. The van der Waals surface area contributed by atoms with Crippen molar-refractivity contribution in [1.82, 2.24) is 0 Å². The lowest BCUT2D eigenvalue weighted by atomic mass is 9.97. The minimum Gasteiger partial charge on any atom is -0.469 e. The van der Waals surface area contributed by atoms with Crippen LogP contribution in [0.25, 0.3) is 0 Å². The Morgan fingerprint density at radius 3 is 2.50 bits per heavy atom. The van der Waals surface area contributed by atoms with Crippen molar-refractivity contribution in [3.8, 4) is 0 Å². The van der Waals surface area contributed by atoms with E-state index in [9.17, 15) is 4.79 Å². The molecule has 0 heterocycles. The number of nitrogens with two attached hydrogens (primary N) is 1. The highest BCUT2D eigenvalue weighted by molar-refractivity contribution is 5.69. The number of hydrogen-bond acceptors (Lipinski definition) is 3. The van der Waals surface area contributed by atoms with E-state index in [2.05, 4.69) is 10.8 Å². The van der Waals surface area contributed by atoms with Crippen molar-refractivity contribution in [3.63, 3.8) is 0 Å². The molecule has 0 aliphatic heterocycles. The SMILES string of the molecule is COC(=O)CCc1cccc(C(N)c2ccccc2)c1. The maximum Gasteiger partial charge on any atom is 0.305 e. The molecule has 2 rings (SSSR count). The second-order valence-electron chi connectivity index (χ2n) is 4.71. The van der Waals surface area contributed by atoms with Crippen molar-refractivity contribution < 1.29 is 9.53 Å². The first-order valence-corrected chi connectivity index (χ1v) is 6.67. The minimum atomic E-state index is -0.192. The molecule has 0 aromatic heterocycles. The number of carbonyl (C=O) groups excluding carboxylic acids is 1. The zero-order valence-electron chi connectivity index (χ0n) is 11.6. The van der Waals surface area contributed by atoms with E-state index in [1.54, 1.807) is 0 Å². The Morgan fingerprint density at radius 1 is 1.10 bits per heavy atom. The zero-order valence-corrected chi connectivity index (χ0v) is 11.6. The van der Waals surface area contributed by atoms with E-state index in [1.165, 1.54) is 7.11 Å². The minimum absolute atomic E-state index is 0.144. The van der Waals surface area contributed by atoms with Crippen molar-refractivity contribution in [2.45, 2.75) is 18.9 Å². The lowest BCUT2D eigenvalue weighted by Gasteiger charge is -2.13.